The minimum Gasteiger partial charge on any atom is -0.493 e. The Bertz CT molecular complexity index is 1300. The summed E-state index contributed by atoms with van der Waals surface area (Å²) in [6.45, 7) is 6.05. The Kier molecular flexibility index (Phi) is 11.8. The van der Waals surface area contributed by atoms with E-state index in [9.17, 15) is 24.0 Å². The highest BCUT2D eigenvalue weighted by Crippen LogP contribution is 2.30. The lowest BCUT2D eigenvalue weighted by atomic mass is 9.91. The predicted octanol–water partition coefficient (Wildman–Crippen LogP) is 3.03. The molecule has 13 heteroatoms. The zero-order valence-corrected chi connectivity index (χ0v) is 24.7. The number of amides is 1. The van der Waals surface area contributed by atoms with Crippen molar-refractivity contribution < 1.29 is 52.4 Å². The van der Waals surface area contributed by atoms with Gasteiger partial charge in [-0.1, -0.05) is 51.1 Å². The van der Waals surface area contributed by atoms with Crippen LogP contribution in [-0.4, -0.2) is 73.5 Å². The molecule has 1 aromatic heterocycles. The van der Waals surface area contributed by atoms with Gasteiger partial charge in [-0.25, -0.2) is 14.6 Å². The van der Waals surface area contributed by atoms with Gasteiger partial charge >= 0.3 is 24.1 Å². The number of carbonyl (C=O) groups is 5. The van der Waals surface area contributed by atoms with Crippen LogP contribution in [-0.2, 0) is 39.8 Å². The van der Waals surface area contributed by atoms with E-state index in [1.54, 1.807) is 45.0 Å². The number of benzene rings is 1. The summed E-state index contributed by atoms with van der Waals surface area (Å²) in [7, 11) is 1.30. The first kappa shape index (κ1) is 32.8. The molecule has 1 amide bonds. The molecule has 0 bridgehead atoms. The van der Waals surface area contributed by atoms with Crippen molar-refractivity contribution in [1.82, 2.24) is 10.3 Å². The summed E-state index contributed by atoms with van der Waals surface area (Å²) in [4.78, 5) is 68.6. The molecular weight excluding hydrogens is 564 g/mol. The average Bonchev–Trinajstić information content (AvgIpc) is 3.02. The molecule has 1 aromatic carbocycles. The molecule has 232 valence electrons. The summed E-state index contributed by atoms with van der Waals surface area (Å²) in [5.74, 6) is -5.11. The molecule has 2 heterocycles. The van der Waals surface area contributed by atoms with E-state index in [0.29, 0.717) is 6.42 Å². The summed E-state index contributed by atoms with van der Waals surface area (Å²) in [6, 6.07) is 8.91. The maximum Gasteiger partial charge on any atom is 0.514 e. The van der Waals surface area contributed by atoms with E-state index < -0.39 is 72.4 Å². The van der Waals surface area contributed by atoms with Gasteiger partial charge in [-0.05, 0) is 25.3 Å². The lowest BCUT2D eigenvalue weighted by Crippen LogP contribution is -2.47. The van der Waals surface area contributed by atoms with E-state index >= 15 is 0 Å². The highest BCUT2D eigenvalue weighted by molar-refractivity contribution is 5.98. The summed E-state index contributed by atoms with van der Waals surface area (Å²) >= 11 is 0. The SMILES string of the molecule is CCCOC(=O)Oc1c(OC)ccnc1C(=O)NC1COC(=O)C(Cc2ccccc2)C(OC(=O)C(C)C)C(C)OC1=O. The van der Waals surface area contributed by atoms with Crippen molar-refractivity contribution in [1.29, 1.82) is 0 Å². The van der Waals surface area contributed by atoms with Crippen LogP contribution in [0.1, 0.15) is 50.2 Å². The molecule has 3 rings (SSSR count). The summed E-state index contributed by atoms with van der Waals surface area (Å²) in [6.07, 6.45) is -1.43. The number of hydrogen-bond acceptors (Lipinski definition) is 12. The predicted molar refractivity (Wildman–Crippen MR) is 149 cm³/mol. The van der Waals surface area contributed by atoms with Crippen molar-refractivity contribution in [3.63, 3.8) is 0 Å². The third-order valence-corrected chi connectivity index (χ3v) is 6.38. The van der Waals surface area contributed by atoms with E-state index in [1.165, 1.54) is 26.3 Å². The molecule has 4 atom stereocenters. The standard InChI is InChI=1S/C30H36N2O11/c1-6-14-39-30(37)43-25-22(38-5)12-13-31-23(25)26(33)32-21-16-40-28(35)20(15-19-10-8-7-9-11-19)24(18(4)41-29(21)36)42-27(34)17(2)3/h7-13,17-18,20-21,24H,6,14-16H2,1-5H3,(H,32,33). The number of carbonyl (C=O) groups excluding carboxylic acids is 5. The lowest BCUT2D eigenvalue weighted by Gasteiger charge is -2.29. The maximum absolute atomic E-state index is 13.4. The van der Waals surface area contributed by atoms with E-state index in [4.69, 9.17) is 28.4 Å². The summed E-state index contributed by atoms with van der Waals surface area (Å²) < 4.78 is 32.1. The second-order valence-corrected chi connectivity index (χ2v) is 10.0. The van der Waals surface area contributed by atoms with Gasteiger partial charge in [-0.2, -0.15) is 0 Å². The van der Waals surface area contributed by atoms with Crippen molar-refractivity contribution in [2.75, 3.05) is 20.3 Å². The molecule has 1 N–H and O–H groups in total. The minimum absolute atomic E-state index is 0.00394. The van der Waals surface area contributed by atoms with E-state index in [0.717, 1.165) is 5.56 Å². The second kappa shape index (κ2) is 15.5. The van der Waals surface area contributed by atoms with Gasteiger partial charge in [-0.15, -0.1) is 0 Å². The highest BCUT2D eigenvalue weighted by atomic mass is 16.7. The van der Waals surface area contributed by atoms with Crippen molar-refractivity contribution in [2.24, 2.45) is 11.8 Å². The van der Waals surface area contributed by atoms with Crippen LogP contribution in [0, 0.1) is 11.8 Å². The smallest absolute Gasteiger partial charge is 0.493 e. The van der Waals surface area contributed by atoms with Gasteiger partial charge in [0.2, 0.25) is 5.75 Å². The van der Waals surface area contributed by atoms with Crippen molar-refractivity contribution in [3.05, 3.63) is 53.9 Å². The molecule has 43 heavy (non-hydrogen) atoms. The molecule has 1 saturated heterocycles. The first-order valence-electron chi connectivity index (χ1n) is 13.9. The fourth-order valence-electron chi connectivity index (χ4n) is 4.13. The Balaban J connectivity index is 1.88. The molecule has 1 aliphatic rings. The van der Waals surface area contributed by atoms with Crippen molar-refractivity contribution in [3.8, 4) is 11.5 Å². The van der Waals surface area contributed by atoms with Crippen LogP contribution in [0.3, 0.4) is 0 Å². The van der Waals surface area contributed by atoms with Crippen LogP contribution < -0.4 is 14.8 Å². The summed E-state index contributed by atoms with van der Waals surface area (Å²) in [5, 5.41) is 2.42. The zero-order valence-electron chi connectivity index (χ0n) is 24.7. The minimum atomic E-state index is -1.48. The normalized spacial score (nSPS) is 20.4. The average molecular weight is 601 g/mol. The Labute approximate surface area is 249 Å². The third kappa shape index (κ3) is 8.90. The number of pyridine rings is 1. The first-order valence-corrected chi connectivity index (χ1v) is 13.9. The Hall–Kier alpha value is -4.68. The van der Waals surface area contributed by atoms with Gasteiger partial charge in [0.1, 0.15) is 18.6 Å². The maximum atomic E-state index is 13.4. The molecule has 13 nitrogen and oxygen atoms in total. The molecule has 0 saturated carbocycles. The lowest BCUT2D eigenvalue weighted by molar-refractivity contribution is -0.176. The van der Waals surface area contributed by atoms with E-state index in [2.05, 4.69) is 10.3 Å². The van der Waals surface area contributed by atoms with Crippen LogP contribution in [0.25, 0.3) is 0 Å². The molecular formula is C30H36N2O11. The quantitative estimate of drug-likeness (QED) is 0.313. The zero-order chi connectivity index (χ0) is 31.5. The molecule has 4 unspecified atom stereocenters. The number of aromatic nitrogens is 1. The van der Waals surface area contributed by atoms with Gasteiger partial charge in [-0.3, -0.25) is 14.4 Å². The van der Waals surface area contributed by atoms with Crippen LogP contribution in [0.4, 0.5) is 4.79 Å². The van der Waals surface area contributed by atoms with E-state index in [-0.39, 0.29) is 24.5 Å². The fourth-order valence-corrected chi connectivity index (χ4v) is 4.13. The topological polar surface area (TPSA) is 166 Å². The van der Waals surface area contributed by atoms with Gasteiger partial charge in [0.15, 0.2) is 23.6 Å². The number of cyclic esters (lactones) is 2. The molecule has 2 aromatic rings. The molecule has 1 aliphatic heterocycles. The van der Waals surface area contributed by atoms with E-state index in [1.807, 2.05) is 6.07 Å². The number of nitrogens with one attached hydrogen (secondary N) is 1. The molecule has 0 spiro atoms. The fraction of sp³-hybridized carbons (Fsp3) is 0.467. The van der Waals surface area contributed by atoms with Crippen LogP contribution in [0.2, 0.25) is 0 Å². The Morgan fingerprint density at radius 1 is 1.09 bits per heavy atom. The highest BCUT2D eigenvalue weighted by Gasteiger charge is 2.42. The summed E-state index contributed by atoms with van der Waals surface area (Å²) in [5.41, 5.74) is 0.373. The van der Waals surface area contributed by atoms with Gasteiger partial charge < -0.3 is 33.7 Å². The number of rotatable bonds is 10. The number of methoxy groups -OCH3 is 1. The van der Waals surface area contributed by atoms with Gasteiger partial charge in [0, 0.05) is 12.3 Å². The largest absolute Gasteiger partial charge is 0.514 e. The number of esters is 3. The Morgan fingerprint density at radius 2 is 1.81 bits per heavy atom. The second-order valence-electron chi connectivity index (χ2n) is 10.0. The number of hydrogen-bond donors (Lipinski definition) is 1. The van der Waals surface area contributed by atoms with Crippen LogP contribution in [0.5, 0.6) is 11.5 Å². The van der Waals surface area contributed by atoms with Gasteiger partial charge in [0.25, 0.3) is 5.91 Å². The number of nitrogens with zero attached hydrogens (tertiary/aromatic N) is 1. The molecule has 0 radical (unpaired) electrons. The number of ether oxygens (including phenoxy) is 6. The molecule has 1 fully saturated rings. The molecule has 0 aliphatic carbocycles. The van der Waals surface area contributed by atoms with Crippen molar-refractivity contribution in [2.45, 2.75) is 58.8 Å². The first-order chi connectivity index (χ1) is 20.5. The Morgan fingerprint density at radius 3 is 2.47 bits per heavy atom. The van der Waals surface area contributed by atoms with Crippen LogP contribution >= 0.6 is 0 Å². The monoisotopic (exact) mass is 600 g/mol. The van der Waals surface area contributed by atoms with Crippen molar-refractivity contribution >= 4 is 30.0 Å². The van der Waals surface area contributed by atoms with Gasteiger partial charge in [0.05, 0.1) is 19.6 Å². The van der Waals surface area contributed by atoms with Crippen LogP contribution in [0.15, 0.2) is 42.6 Å². The third-order valence-electron chi connectivity index (χ3n) is 6.38.